The minimum Gasteiger partial charge on any atom is -0.329 e. The lowest BCUT2D eigenvalue weighted by Gasteiger charge is -2.01. The van der Waals surface area contributed by atoms with Crippen LogP contribution in [0.15, 0.2) is 53.2 Å². The second kappa shape index (κ2) is 5.64. The number of halogens is 3. The molecule has 1 aromatic carbocycles. The normalized spacial score (nSPS) is 11.4. The van der Waals surface area contributed by atoms with Crippen LogP contribution in [0.3, 0.4) is 0 Å². The first-order valence-electron chi connectivity index (χ1n) is 6.42. The molecule has 0 saturated heterocycles. The van der Waals surface area contributed by atoms with E-state index in [0.29, 0.717) is 11.1 Å². The number of rotatable bonds is 3. The minimum absolute atomic E-state index is 0.200. The summed E-state index contributed by atoms with van der Waals surface area (Å²) in [5.41, 5.74) is 0.938. The first kappa shape index (κ1) is 14.9. The van der Waals surface area contributed by atoms with Crippen LogP contribution in [0.5, 0.6) is 0 Å². The highest BCUT2D eigenvalue weighted by Gasteiger charge is 2.38. The molecule has 2 heterocycles. The van der Waals surface area contributed by atoms with Crippen molar-refractivity contribution in [3.05, 3.63) is 65.8 Å². The number of aromatic nitrogens is 3. The highest BCUT2D eigenvalue weighted by atomic mass is 19.4. The summed E-state index contributed by atoms with van der Waals surface area (Å²) in [7, 11) is 0. The van der Waals surface area contributed by atoms with Gasteiger partial charge < -0.3 is 4.52 Å². The molecular weight excluding hydrogens is 311 g/mol. The van der Waals surface area contributed by atoms with E-state index in [1.807, 2.05) is 0 Å². The van der Waals surface area contributed by atoms with E-state index in [1.54, 1.807) is 18.2 Å². The van der Waals surface area contributed by atoms with Crippen LogP contribution in [0.4, 0.5) is 13.2 Å². The van der Waals surface area contributed by atoms with Crippen LogP contribution in [-0.4, -0.2) is 20.9 Å². The molecule has 0 atom stereocenters. The third kappa shape index (κ3) is 3.10. The highest BCUT2D eigenvalue weighted by molar-refractivity contribution is 6.07. The van der Waals surface area contributed by atoms with Gasteiger partial charge in [0, 0.05) is 17.3 Å². The van der Waals surface area contributed by atoms with E-state index >= 15 is 0 Å². The van der Waals surface area contributed by atoms with Crippen LogP contribution in [0, 0.1) is 0 Å². The minimum atomic E-state index is -4.69. The van der Waals surface area contributed by atoms with Crippen molar-refractivity contribution in [2.24, 2.45) is 0 Å². The lowest BCUT2D eigenvalue weighted by Crippen LogP contribution is -2.05. The lowest BCUT2D eigenvalue weighted by molar-refractivity contribution is -0.159. The molecular formula is C15H8F3N3O2. The lowest BCUT2D eigenvalue weighted by atomic mass is 10.1. The molecule has 116 valence electrons. The van der Waals surface area contributed by atoms with Crippen LogP contribution >= 0.6 is 0 Å². The van der Waals surface area contributed by atoms with Gasteiger partial charge in [0.15, 0.2) is 0 Å². The molecule has 23 heavy (non-hydrogen) atoms. The maximum atomic E-state index is 12.4. The summed E-state index contributed by atoms with van der Waals surface area (Å²) in [4.78, 5) is 19.4. The molecule has 0 fully saturated rings. The molecule has 3 aromatic rings. The maximum absolute atomic E-state index is 12.4. The number of pyridine rings is 1. The van der Waals surface area contributed by atoms with Crippen molar-refractivity contribution < 1.29 is 22.5 Å². The molecule has 0 aliphatic heterocycles. The molecule has 8 heteroatoms. The Morgan fingerprint density at radius 2 is 1.78 bits per heavy atom. The van der Waals surface area contributed by atoms with Gasteiger partial charge in [0.2, 0.25) is 11.6 Å². The summed E-state index contributed by atoms with van der Waals surface area (Å²) in [6.07, 6.45) is -3.19. The number of nitrogens with zero attached hydrogens (tertiary/aromatic N) is 3. The van der Waals surface area contributed by atoms with Crippen molar-refractivity contribution >= 4 is 5.78 Å². The number of alkyl halides is 3. The quantitative estimate of drug-likeness (QED) is 0.692. The second-order valence-corrected chi connectivity index (χ2v) is 4.54. The first-order valence-corrected chi connectivity index (χ1v) is 6.42. The van der Waals surface area contributed by atoms with Crippen LogP contribution in [0.25, 0.3) is 11.4 Å². The van der Waals surface area contributed by atoms with Gasteiger partial charge in [-0.25, -0.2) is 0 Å². The third-order valence-electron chi connectivity index (χ3n) is 2.97. The smallest absolute Gasteiger partial charge is 0.329 e. The highest BCUT2D eigenvalue weighted by Crippen LogP contribution is 2.29. The van der Waals surface area contributed by atoms with Gasteiger partial charge in [0.1, 0.15) is 5.69 Å². The molecule has 0 amide bonds. The predicted molar refractivity (Wildman–Crippen MR) is 72.4 cm³/mol. The van der Waals surface area contributed by atoms with Crippen molar-refractivity contribution in [2.75, 3.05) is 0 Å². The molecule has 0 aliphatic carbocycles. The number of carbonyl (C=O) groups excluding carboxylic acids is 1. The fourth-order valence-electron chi connectivity index (χ4n) is 1.87. The number of ketones is 1. The summed E-state index contributed by atoms with van der Waals surface area (Å²) in [6, 6.07) is 10.8. The average Bonchev–Trinajstić information content (AvgIpc) is 3.05. The zero-order valence-corrected chi connectivity index (χ0v) is 11.4. The Morgan fingerprint density at radius 1 is 1.04 bits per heavy atom. The fourth-order valence-corrected chi connectivity index (χ4v) is 1.87. The monoisotopic (exact) mass is 319 g/mol. The predicted octanol–water partition coefficient (Wildman–Crippen LogP) is 3.38. The summed E-state index contributed by atoms with van der Waals surface area (Å²) >= 11 is 0. The summed E-state index contributed by atoms with van der Waals surface area (Å²) in [6.45, 7) is 0. The Labute approximate surface area is 127 Å². The molecule has 2 aromatic heterocycles. The summed E-state index contributed by atoms with van der Waals surface area (Å²) < 4.78 is 41.4. The van der Waals surface area contributed by atoms with E-state index in [-0.39, 0.29) is 17.3 Å². The average molecular weight is 319 g/mol. The number of carbonyl (C=O) groups is 1. The molecule has 0 N–H and O–H groups in total. The number of hydrogen-bond donors (Lipinski definition) is 0. The van der Waals surface area contributed by atoms with Gasteiger partial charge in [-0.1, -0.05) is 35.5 Å². The number of hydrogen-bond acceptors (Lipinski definition) is 5. The van der Waals surface area contributed by atoms with Gasteiger partial charge in [-0.3, -0.25) is 9.78 Å². The van der Waals surface area contributed by atoms with Crippen molar-refractivity contribution in [2.45, 2.75) is 6.18 Å². The van der Waals surface area contributed by atoms with Crippen molar-refractivity contribution in [3.63, 3.8) is 0 Å². The number of benzene rings is 1. The van der Waals surface area contributed by atoms with E-state index < -0.39 is 12.1 Å². The Morgan fingerprint density at radius 3 is 2.35 bits per heavy atom. The van der Waals surface area contributed by atoms with Gasteiger partial charge in [0.25, 0.3) is 0 Å². The molecule has 5 nitrogen and oxygen atoms in total. The molecule has 0 saturated carbocycles. The van der Waals surface area contributed by atoms with Crippen molar-refractivity contribution in [1.29, 1.82) is 0 Å². The van der Waals surface area contributed by atoms with Crippen LogP contribution in [0.2, 0.25) is 0 Å². The second-order valence-electron chi connectivity index (χ2n) is 4.54. The third-order valence-corrected chi connectivity index (χ3v) is 2.97. The fraction of sp³-hybridized carbons (Fsp3) is 0.0667. The van der Waals surface area contributed by atoms with E-state index in [9.17, 15) is 18.0 Å². The zero-order chi connectivity index (χ0) is 16.4. The summed E-state index contributed by atoms with van der Waals surface area (Å²) in [5, 5.41) is 3.28. The Bertz CT molecular complexity index is 827. The van der Waals surface area contributed by atoms with E-state index in [4.69, 9.17) is 0 Å². The largest absolute Gasteiger partial charge is 0.471 e. The van der Waals surface area contributed by atoms with Gasteiger partial charge >= 0.3 is 12.1 Å². The van der Waals surface area contributed by atoms with E-state index in [1.165, 1.54) is 30.5 Å². The summed E-state index contributed by atoms with van der Waals surface area (Å²) in [5.74, 6) is -1.91. The van der Waals surface area contributed by atoms with Gasteiger partial charge in [-0.05, 0) is 12.1 Å². The molecule has 0 radical (unpaired) electrons. The van der Waals surface area contributed by atoms with Gasteiger partial charge in [-0.15, -0.1) is 0 Å². The SMILES string of the molecule is O=C(c1ccc(-c2noc(C(F)(F)F)n2)cc1)c1ccccn1. The van der Waals surface area contributed by atoms with Gasteiger partial charge in [0.05, 0.1) is 0 Å². The Kier molecular flexibility index (Phi) is 3.65. The van der Waals surface area contributed by atoms with Gasteiger partial charge in [-0.2, -0.15) is 18.2 Å². The van der Waals surface area contributed by atoms with Crippen LogP contribution in [-0.2, 0) is 6.18 Å². The Balaban J connectivity index is 1.85. The van der Waals surface area contributed by atoms with Crippen LogP contribution < -0.4 is 0 Å². The molecule has 0 aliphatic rings. The molecule has 0 unspecified atom stereocenters. The van der Waals surface area contributed by atoms with Crippen molar-refractivity contribution in [3.8, 4) is 11.4 Å². The van der Waals surface area contributed by atoms with Crippen LogP contribution in [0.1, 0.15) is 21.9 Å². The Hall–Kier alpha value is -3.03. The molecule has 3 rings (SSSR count). The first-order chi connectivity index (χ1) is 10.9. The molecule has 0 bridgehead atoms. The standard InChI is InChI=1S/C15H8F3N3O2/c16-15(17,18)14-20-13(21-23-14)10-6-4-9(5-7-10)12(22)11-3-1-2-8-19-11/h1-8H. The molecule has 0 spiro atoms. The van der Waals surface area contributed by atoms with E-state index in [2.05, 4.69) is 19.6 Å². The zero-order valence-electron chi connectivity index (χ0n) is 11.4. The maximum Gasteiger partial charge on any atom is 0.471 e. The van der Waals surface area contributed by atoms with Crippen molar-refractivity contribution in [1.82, 2.24) is 15.1 Å². The topological polar surface area (TPSA) is 68.9 Å². The van der Waals surface area contributed by atoms with E-state index in [0.717, 1.165) is 0 Å².